The first kappa shape index (κ1) is 20.9. The van der Waals surface area contributed by atoms with E-state index in [-0.39, 0.29) is 24.5 Å². The lowest BCUT2D eigenvalue weighted by atomic mass is 9.89. The summed E-state index contributed by atoms with van der Waals surface area (Å²) in [6.07, 6.45) is 2.11. The lowest BCUT2D eigenvalue weighted by Gasteiger charge is -2.50. The molecule has 3 aromatic rings. The second-order valence-electron chi connectivity index (χ2n) is 8.24. The minimum Gasteiger partial charge on any atom is -0.490 e. The van der Waals surface area contributed by atoms with Crippen LogP contribution < -0.4 is 25.0 Å². The predicted octanol–water partition coefficient (Wildman–Crippen LogP) is 4.38. The average Bonchev–Trinajstić information content (AvgIpc) is 3.32. The van der Waals surface area contributed by atoms with Crippen LogP contribution in [0.15, 0.2) is 65.3 Å². The van der Waals surface area contributed by atoms with Crippen LogP contribution in [0.5, 0.6) is 11.5 Å². The van der Waals surface area contributed by atoms with Crippen LogP contribution in [0.4, 0.5) is 10.5 Å². The molecule has 0 radical (unpaired) electrons. The predicted molar refractivity (Wildman–Crippen MR) is 121 cm³/mol. The fraction of sp³-hybridized carbons (Fsp3) is 0.280. The van der Waals surface area contributed by atoms with Gasteiger partial charge in [0.2, 0.25) is 0 Å². The Morgan fingerprint density at radius 1 is 1.24 bits per heavy atom. The Labute approximate surface area is 191 Å². The molecule has 170 valence electrons. The van der Waals surface area contributed by atoms with E-state index in [1.54, 1.807) is 47.6 Å². The molecule has 1 aromatic heterocycles. The molecule has 0 aliphatic carbocycles. The molecule has 2 N–H and O–H groups in total. The van der Waals surface area contributed by atoms with Crippen LogP contribution in [0, 0.1) is 0 Å². The molecule has 8 heteroatoms. The van der Waals surface area contributed by atoms with Gasteiger partial charge in [0, 0.05) is 17.5 Å². The van der Waals surface area contributed by atoms with E-state index in [9.17, 15) is 9.59 Å². The highest BCUT2D eigenvalue weighted by atomic mass is 16.5. The Morgan fingerprint density at radius 3 is 2.88 bits per heavy atom. The fourth-order valence-electron chi connectivity index (χ4n) is 4.49. The van der Waals surface area contributed by atoms with E-state index in [1.807, 2.05) is 32.0 Å². The van der Waals surface area contributed by atoms with E-state index >= 15 is 0 Å². The van der Waals surface area contributed by atoms with Gasteiger partial charge in [0.05, 0.1) is 31.1 Å². The fourth-order valence-corrected chi connectivity index (χ4v) is 4.49. The van der Waals surface area contributed by atoms with Crippen molar-refractivity contribution in [3.63, 3.8) is 0 Å². The molecule has 1 saturated heterocycles. The van der Waals surface area contributed by atoms with Gasteiger partial charge in [-0.3, -0.25) is 9.69 Å². The minimum absolute atomic E-state index is 0.192. The van der Waals surface area contributed by atoms with Crippen molar-refractivity contribution < 1.29 is 23.5 Å². The van der Waals surface area contributed by atoms with E-state index in [4.69, 9.17) is 13.9 Å². The SMILES string of the molecule is CCOc1cccc2c1O[C@]1(C)CC2NC(=O)N1c1cccc(C(=O)NCc2ccco2)c1. The van der Waals surface area contributed by atoms with Gasteiger partial charge in [-0.2, -0.15) is 0 Å². The largest absolute Gasteiger partial charge is 0.490 e. The average molecular weight is 447 g/mol. The van der Waals surface area contributed by atoms with Gasteiger partial charge in [-0.15, -0.1) is 0 Å². The number of furan rings is 1. The van der Waals surface area contributed by atoms with Gasteiger partial charge >= 0.3 is 6.03 Å². The molecule has 2 atom stereocenters. The van der Waals surface area contributed by atoms with Gasteiger partial charge in [0.15, 0.2) is 17.2 Å². The van der Waals surface area contributed by atoms with Gasteiger partial charge in [-0.25, -0.2) is 4.79 Å². The standard InChI is InChI=1S/C25H25N3O5/c1-3-31-21-11-5-10-19-20-14-25(2,33-22(19)21)28(24(30)27-20)17-8-4-7-16(13-17)23(29)26-15-18-9-6-12-32-18/h4-13,20H,3,14-15H2,1-2H3,(H,26,29)(H,27,30)/t20?,25-/m1/s1. The number of fused-ring (bicyclic) bond motifs is 4. The summed E-state index contributed by atoms with van der Waals surface area (Å²) in [6, 6.07) is 15.7. The Balaban J connectivity index is 1.44. The zero-order chi connectivity index (χ0) is 23.0. The van der Waals surface area contributed by atoms with E-state index < -0.39 is 5.72 Å². The molecule has 2 aliphatic rings. The molecule has 3 amide bonds. The molecule has 1 unspecified atom stereocenters. The number of carbonyl (C=O) groups is 2. The summed E-state index contributed by atoms with van der Waals surface area (Å²) >= 11 is 0. The number of hydrogen-bond acceptors (Lipinski definition) is 5. The molecule has 2 aliphatic heterocycles. The van der Waals surface area contributed by atoms with Gasteiger partial charge in [0.1, 0.15) is 5.76 Å². The quantitative estimate of drug-likeness (QED) is 0.585. The summed E-state index contributed by atoms with van der Waals surface area (Å²) in [5.41, 5.74) is 0.953. The lowest BCUT2D eigenvalue weighted by molar-refractivity contribution is 0.0343. The maximum atomic E-state index is 13.2. The van der Waals surface area contributed by atoms with Crippen molar-refractivity contribution in [2.75, 3.05) is 11.5 Å². The van der Waals surface area contributed by atoms with E-state index in [2.05, 4.69) is 10.6 Å². The van der Waals surface area contributed by atoms with Gasteiger partial charge in [0.25, 0.3) is 5.91 Å². The van der Waals surface area contributed by atoms with Crippen molar-refractivity contribution in [3.05, 3.63) is 77.7 Å². The summed E-state index contributed by atoms with van der Waals surface area (Å²) in [6.45, 7) is 4.58. The van der Waals surface area contributed by atoms with Crippen LogP contribution in [0.2, 0.25) is 0 Å². The molecule has 1 fully saturated rings. The molecular weight excluding hydrogens is 422 g/mol. The first-order valence-corrected chi connectivity index (χ1v) is 10.9. The van der Waals surface area contributed by atoms with Crippen molar-refractivity contribution in [1.82, 2.24) is 10.6 Å². The van der Waals surface area contributed by atoms with Gasteiger partial charge < -0.3 is 24.5 Å². The second-order valence-corrected chi connectivity index (χ2v) is 8.24. The van der Waals surface area contributed by atoms with E-state index in [1.165, 1.54) is 0 Å². The Kier molecular flexibility index (Phi) is 5.20. The minimum atomic E-state index is -0.948. The molecule has 0 saturated carbocycles. The second kappa shape index (κ2) is 8.20. The van der Waals surface area contributed by atoms with Crippen molar-refractivity contribution in [2.45, 2.75) is 38.6 Å². The third-order valence-electron chi connectivity index (χ3n) is 5.93. The van der Waals surface area contributed by atoms with E-state index in [0.29, 0.717) is 41.5 Å². The zero-order valence-electron chi connectivity index (χ0n) is 18.5. The molecule has 2 bridgehead atoms. The zero-order valence-corrected chi connectivity index (χ0v) is 18.5. The normalized spacial score (nSPS) is 21.0. The third-order valence-corrected chi connectivity index (χ3v) is 5.93. The summed E-state index contributed by atoms with van der Waals surface area (Å²) in [5.74, 6) is 1.68. The number of para-hydroxylation sites is 1. The number of anilines is 1. The number of rotatable bonds is 6. The maximum absolute atomic E-state index is 13.2. The summed E-state index contributed by atoms with van der Waals surface area (Å²) in [4.78, 5) is 27.5. The number of amides is 3. The number of nitrogens with one attached hydrogen (secondary N) is 2. The Hall–Kier alpha value is -3.94. The summed E-state index contributed by atoms with van der Waals surface area (Å²) in [7, 11) is 0. The van der Waals surface area contributed by atoms with Crippen LogP contribution in [0.25, 0.3) is 0 Å². The van der Waals surface area contributed by atoms with Crippen LogP contribution >= 0.6 is 0 Å². The Bertz CT molecular complexity index is 1190. The molecule has 8 nitrogen and oxygen atoms in total. The highest BCUT2D eigenvalue weighted by Gasteiger charge is 2.50. The van der Waals surface area contributed by atoms with Crippen LogP contribution in [-0.4, -0.2) is 24.3 Å². The number of urea groups is 1. The number of nitrogens with zero attached hydrogens (tertiary/aromatic N) is 1. The van der Waals surface area contributed by atoms with Crippen LogP contribution in [0.1, 0.15) is 48.0 Å². The third kappa shape index (κ3) is 3.77. The smallest absolute Gasteiger partial charge is 0.325 e. The van der Waals surface area contributed by atoms with Crippen molar-refractivity contribution in [1.29, 1.82) is 0 Å². The monoisotopic (exact) mass is 447 g/mol. The molecular formula is C25H25N3O5. The lowest BCUT2D eigenvalue weighted by Crippen LogP contribution is -2.65. The molecule has 33 heavy (non-hydrogen) atoms. The summed E-state index contributed by atoms with van der Waals surface area (Å²) in [5, 5.41) is 5.91. The molecule has 5 rings (SSSR count). The van der Waals surface area contributed by atoms with Gasteiger partial charge in [-0.05, 0) is 50.2 Å². The number of carbonyl (C=O) groups excluding carboxylic acids is 2. The number of hydrogen-bond donors (Lipinski definition) is 2. The molecule has 3 heterocycles. The highest BCUT2D eigenvalue weighted by Crippen LogP contribution is 2.49. The van der Waals surface area contributed by atoms with Crippen molar-refractivity contribution >= 4 is 17.6 Å². The first-order chi connectivity index (χ1) is 16.0. The number of ether oxygens (including phenoxy) is 2. The van der Waals surface area contributed by atoms with Crippen LogP contribution in [0.3, 0.4) is 0 Å². The molecule has 2 aromatic carbocycles. The van der Waals surface area contributed by atoms with Gasteiger partial charge in [-0.1, -0.05) is 18.2 Å². The van der Waals surface area contributed by atoms with Crippen LogP contribution in [-0.2, 0) is 6.54 Å². The Morgan fingerprint density at radius 2 is 2.09 bits per heavy atom. The maximum Gasteiger partial charge on any atom is 0.325 e. The molecule has 0 spiro atoms. The topological polar surface area (TPSA) is 93.0 Å². The summed E-state index contributed by atoms with van der Waals surface area (Å²) < 4.78 is 17.5. The first-order valence-electron chi connectivity index (χ1n) is 10.9. The number of benzene rings is 2. The van der Waals surface area contributed by atoms with E-state index in [0.717, 1.165) is 5.56 Å². The highest BCUT2D eigenvalue weighted by molar-refractivity contribution is 5.99. The van der Waals surface area contributed by atoms with Crippen molar-refractivity contribution in [3.8, 4) is 11.5 Å². The van der Waals surface area contributed by atoms with Crippen molar-refractivity contribution in [2.24, 2.45) is 0 Å².